The number of amides is 3. The van der Waals surface area contributed by atoms with Crippen LogP contribution < -0.4 is 16.2 Å². The van der Waals surface area contributed by atoms with E-state index < -0.39 is 0 Å². The minimum Gasteiger partial charge on any atom is -0.491 e. The smallest absolute Gasteiger partial charge is 0.253 e. The van der Waals surface area contributed by atoms with Crippen molar-refractivity contribution < 1.29 is 38.1 Å². The molecule has 1 aromatic rings. The number of carbonyl (C=O) groups excluding carboxylic acids is 3. The number of amidine groups is 2. The van der Waals surface area contributed by atoms with Gasteiger partial charge in [0.05, 0.1) is 59.3 Å². The Hall–Kier alpha value is -3.89. The summed E-state index contributed by atoms with van der Waals surface area (Å²) < 4.78 is 27.7. The number of hydrogen-bond acceptors (Lipinski definition) is 11. The van der Waals surface area contributed by atoms with Gasteiger partial charge < -0.3 is 40.1 Å². The van der Waals surface area contributed by atoms with Crippen molar-refractivity contribution in [2.24, 2.45) is 21.7 Å². The molecule has 0 bridgehead atoms. The highest BCUT2D eigenvalue weighted by atomic mass is 16.6. The van der Waals surface area contributed by atoms with Gasteiger partial charge in [-0.1, -0.05) is 0 Å². The number of nitrogens with two attached hydrogens (primary N) is 2. The molecule has 4 N–H and O–H groups in total. The van der Waals surface area contributed by atoms with Crippen molar-refractivity contribution in [3.63, 3.8) is 0 Å². The lowest BCUT2D eigenvalue weighted by Crippen LogP contribution is -2.49. The molecule has 15 nitrogen and oxygen atoms in total. The van der Waals surface area contributed by atoms with Crippen LogP contribution in [0.1, 0.15) is 25.3 Å². The van der Waals surface area contributed by atoms with Crippen LogP contribution in [-0.4, -0.2) is 143 Å². The van der Waals surface area contributed by atoms with Crippen molar-refractivity contribution in [2.75, 3.05) is 98.7 Å². The molecule has 0 spiro atoms. The van der Waals surface area contributed by atoms with E-state index in [1.165, 1.54) is 17.1 Å². The van der Waals surface area contributed by atoms with Crippen LogP contribution in [0.4, 0.5) is 0 Å². The second-order valence-corrected chi connectivity index (χ2v) is 10.5. The van der Waals surface area contributed by atoms with Crippen molar-refractivity contribution in [1.29, 1.82) is 0 Å². The zero-order valence-corrected chi connectivity index (χ0v) is 26.6. The largest absolute Gasteiger partial charge is 0.491 e. The molecule has 2 aliphatic heterocycles. The number of carbonyl (C=O) groups is 3. The van der Waals surface area contributed by atoms with Gasteiger partial charge >= 0.3 is 0 Å². The van der Waals surface area contributed by atoms with Crippen molar-refractivity contribution in [3.05, 3.63) is 42.0 Å². The summed E-state index contributed by atoms with van der Waals surface area (Å²) in [4.78, 5) is 41.1. The van der Waals surface area contributed by atoms with E-state index in [1.807, 2.05) is 4.90 Å². The van der Waals surface area contributed by atoms with E-state index in [4.69, 9.17) is 35.2 Å². The summed E-state index contributed by atoms with van der Waals surface area (Å²) in [5.41, 5.74) is 12.0. The zero-order valence-electron chi connectivity index (χ0n) is 26.6. The third kappa shape index (κ3) is 14.0. The maximum atomic E-state index is 12.5. The maximum Gasteiger partial charge on any atom is 0.253 e. The first kappa shape index (κ1) is 36.6. The standard InChI is InChI=1S/C31H47N7O8/c1-25(32)34-35-31(33)26-3-5-27(6-4-26)46-24-23-45-22-21-44-20-19-43-18-17-42-16-9-28(39)37-14-12-36(13-15-37)10-2-11-38-29(40)7-8-30(38)41/h3-8H,2,9-24H2,1H3,(H2,32,34)(H2,33,35). The van der Waals surface area contributed by atoms with E-state index in [1.54, 1.807) is 31.2 Å². The summed E-state index contributed by atoms with van der Waals surface area (Å²) in [6.07, 6.45) is 3.67. The number of imide groups is 1. The molecule has 1 aromatic carbocycles. The third-order valence-corrected chi connectivity index (χ3v) is 7.02. The molecule has 3 rings (SSSR count). The lowest BCUT2D eigenvalue weighted by molar-refractivity contribution is -0.137. The van der Waals surface area contributed by atoms with Crippen LogP contribution in [0.3, 0.4) is 0 Å². The fourth-order valence-electron chi connectivity index (χ4n) is 4.54. The fraction of sp³-hybridized carbons (Fsp3) is 0.581. The lowest BCUT2D eigenvalue weighted by Gasteiger charge is -2.35. The van der Waals surface area contributed by atoms with Gasteiger partial charge in [0, 0.05) is 50.4 Å². The molecule has 1 saturated heterocycles. The van der Waals surface area contributed by atoms with Crippen LogP contribution in [0.2, 0.25) is 0 Å². The second-order valence-electron chi connectivity index (χ2n) is 10.5. The molecular formula is C31H47N7O8. The van der Waals surface area contributed by atoms with E-state index >= 15 is 0 Å². The quantitative estimate of drug-likeness (QED) is 0.0568. The number of nitrogens with zero attached hydrogens (tertiary/aromatic N) is 5. The highest BCUT2D eigenvalue weighted by Gasteiger charge is 2.24. The zero-order chi connectivity index (χ0) is 33.0. The van der Waals surface area contributed by atoms with Crippen molar-refractivity contribution in [1.82, 2.24) is 14.7 Å². The number of piperazine rings is 1. The van der Waals surface area contributed by atoms with Gasteiger partial charge in [0.2, 0.25) is 5.91 Å². The summed E-state index contributed by atoms with van der Waals surface area (Å²) in [6, 6.07) is 7.17. The van der Waals surface area contributed by atoms with E-state index in [9.17, 15) is 14.4 Å². The molecule has 0 unspecified atom stereocenters. The van der Waals surface area contributed by atoms with Crippen LogP contribution >= 0.6 is 0 Å². The monoisotopic (exact) mass is 645 g/mol. The Bertz CT molecular complexity index is 1160. The molecule has 46 heavy (non-hydrogen) atoms. The van der Waals surface area contributed by atoms with Crippen molar-refractivity contribution >= 4 is 29.4 Å². The van der Waals surface area contributed by atoms with Gasteiger partial charge in [-0.3, -0.25) is 24.2 Å². The Labute approximate surface area is 270 Å². The topological polar surface area (TPSA) is 184 Å². The first-order chi connectivity index (χ1) is 22.3. The van der Waals surface area contributed by atoms with Gasteiger partial charge in [-0.2, -0.15) is 0 Å². The minimum absolute atomic E-state index is 0.0811. The summed E-state index contributed by atoms with van der Waals surface area (Å²) >= 11 is 0. The first-order valence-electron chi connectivity index (χ1n) is 15.5. The molecule has 15 heteroatoms. The predicted molar refractivity (Wildman–Crippen MR) is 171 cm³/mol. The SMILES string of the molecule is C/C(N)=N/N=C(\N)c1ccc(OCCOCCOCCOCCOCCC(=O)N2CCN(CCCN3C(=O)C=CC3=O)CC2)cc1. The number of rotatable bonds is 22. The van der Waals surface area contributed by atoms with Gasteiger partial charge in [0.15, 0.2) is 5.84 Å². The van der Waals surface area contributed by atoms with Gasteiger partial charge in [0.25, 0.3) is 11.8 Å². The minimum atomic E-state index is -0.246. The number of ether oxygens (including phenoxy) is 5. The van der Waals surface area contributed by atoms with E-state index in [0.717, 1.165) is 31.6 Å². The number of hydrogen-bond donors (Lipinski definition) is 2. The van der Waals surface area contributed by atoms with Crippen LogP contribution in [0.5, 0.6) is 5.75 Å². The summed E-state index contributed by atoms with van der Waals surface area (Å²) in [6.45, 7) is 9.53. The number of benzene rings is 1. The fourth-order valence-corrected chi connectivity index (χ4v) is 4.54. The third-order valence-electron chi connectivity index (χ3n) is 7.02. The van der Waals surface area contributed by atoms with Crippen LogP contribution in [0.25, 0.3) is 0 Å². The van der Waals surface area contributed by atoms with Crippen molar-refractivity contribution in [2.45, 2.75) is 19.8 Å². The molecule has 0 aromatic heterocycles. The second kappa shape index (κ2) is 21.0. The molecule has 0 saturated carbocycles. The van der Waals surface area contributed by atoms with Gasteiger partial charge in [-0.25, -0.2) is 0 Å². The van der Waals surface area contributed by atoms with Gasteiger partial charge in [-0.15, -0.1) is 10.2 Å². The maximum absolute atomic E-state index is 12.5. The molecule has 0 radical (unpaired) electrons. The van der Waals surface area contributed by atoms with Gasteiger partial charge in [0.1, 0.15) is 18.2 Å². The molecule has 2 aliphatic rings. The Morgan fingerprint density at radius 1 is 0.739 bits per heavy atom. The van der Waals surface area contributed by atoms with E-state index in [-0.39, 0.29) is 23.6 Å². The molecule has 3 amide bonds. The van der Waals surface area contributed by atoms with Crippen LogP contribution in [0.15, 0.2) is 46.6 Å². The van der Waals surface area contributed by atoms with Crippen molar-refractivity contribution in [3.8, 4) is 5.75 Å². The Balaban J connectivity index is 1.06. The summed E-state index contributed by atoms with van der Waals surface area (Å²) in [7, 11) is 0. The average molecular weight is 646 g/mol. The Morgan fingerprint density at radius 3 is 1.85 bits per heavy atom. The van der Waals surface area contributed by atoms with Crippen LogP contribution in [0, 0.1) is 0 Å². The highest BCUT2D eigenvalue weighted by Crippen LogP contribution is 2.12. The lowest BCUT2D eigenvalue weighted by atomic mass is 10.2. The van der Waals surface area contributed by atoms with E-state index in [2.05, 4.69) is 15.1 Å². The average Bonchev–Trinajstić information content (AvgIpc) is 3.38. The Kier molecular flexibility index (Phi) is 16.7. The molecule has 0 atom stereocenters. The van der Waals surface area contributed by atoms with Gasteiger partial charge in [-0.05, 0) is 44.2 Å². The predicted octanol–water partition coefficient (Wildman–Crippen LogP) is -0.0214. The molecule has 2 heterocycles. The molecule has 254 valence electrons. The molecular weight excluding hydrogens is 598 g/mol. The van der Waals surface area contributed by atoms with Crippen LogP contribution in [-0.2, 0) is 33.3 Å². The summed E-state index contributed by atoms with van der Waals surface area (Å²) in [5.74, 6) is 0.880. The summed E-state index contributed by atoms with van der Waals surface area (Å²) in [5, 5.41) is 7.59. The van der Waals surface area contributed by atoms with E-state index in [0.29, 0.717) is 97.1 Å². The Morgan fingerprint density at radius 2 is 1.28 bits per heavy atom. The molecule has 1 fully saturated rings. The normalized spacial score (nSPS) is 16.1. The first-order valence-corrected chi connectivity index (χ1v) is 15.5. The molecule has 0 aliphatic carbocycles. The highest BCUT2D eigenvalue weighted by molar-refractivity contribution is 6.12.